The van der Waals surface area contributed by atoms with Gasteiger partial charge in [0.2, 0.25) is 15.9 Å². The third-order valence-corrected chi connectivity index (χ3v) is 7.05. The number of methoxy groups -OCH3 is 1. The number of hydrogen-bond donors (Lipinski definition) is 1. The Balaban J connectivity index is 1.64. The predicted octanol–water partition coefficient (Wildman–Crippen LogP) is 3.43. The van der Waals surface area contributed by atoms with E-state index in [0.717, 1.165) is 12.1 Å². The van der Waals surface area contributed by atoms with Crippen LogP contribution in [0.1, 0.15) is 24.0 Å². The number of nitrogens with one attached hydrogen (secondary N) is 1. The summed E-state index contributed by atoms with van der Waals surface area (Å²) in [6, 6.07) is 10.7. The lowest BCUT2D eigenvalue weighted by molar-refractivity contribution is -0.137. The molecule has 0 aliphatic carbocycles. The molecule has 0 spiro atoms. The van der Waals surface area contributed by atoms with Gasteiger partial charge in [-0.15, -0.1) is 0 Å². The lowest BCUT2D eigenvalue weighted by atomic mass is 9.98. The van der Waals surface area contributed by atoms with Crippen LogP contribution in [0, 0.1) is 5.92 Å². The van der Waals surface area contributed by atoms with Gasteiger partial charge in [-0.05, 0) is 54.8 Å². The molecule has 1 N–H and O–H groups in total. The molecule has 0 aromatic heterocycles. The zero-order valence-electron chi connectivity index (χ0n) is 16.9. The second kappa shape index (κ2) is 9.27. The van der Waals surface area contributed by atoms with Gasteiger partial charge in [0.25, 0.3) is 0 Å². The molecule has 2 aromatic carbocycles. The maximum Gasteiger partial charge on any atom is 0.416 e. The fourth-order valence-electron chi connectivity index (χ4n) is 3.46. The van der Waals surface area contributed by atoms with Gasteiger partial charge in [-0.1, -0.05) is 12.1 Å². The summed E-state index contributed by atoms with van der Waals surface area (Å²) in [4.78, 5) is 12.7. The topological polar surface area (TPSA) is 75.7 Å². The quantitative estimate of drug-likeness (QED) is 0.723. The number of benzene rings is 2. The number of piperidine rings is 1. The Bertz CT molecular complexity index is 1020. The van der Waals surface area contributed by atoms with E-state index in [9.17, 15) is 26.4 Å². The highest BCUT2D eigenvalue weighted by molar-refractivity contribution is 7.89. The van der Waals surface area contributed by atoms with Crippen LogP contribution in [-0.4, -0.2) is 38.8 Å². The third-order valence-electron chi connectivity index (χ3n) is 5.17. The molecular formula is C21H23F3N2O4S. The van der Waals surface area contributed by atoms with Crippen molar-refractivity contribution in [3.05, 3.63) is 59.7 Å². The summed E-state index contributed by atoms with van der Waals surface area (Å²) in [5.41, 5.74) is -0.463. The molecule has 1 amide bonds. The summed E-state index contributed by atoms with van der Waals surface area (Å²) in [7, 11) is -2.29. The Morgan fingerprint density at radius 1 is 1.19 bits per heavy atom. The summed E-state index contributed by atoms with van der Waals surface area (Å²) in [6.45, 7) is 0.249. The van der Waals surface area contributed by atoms with Crippen molar-refractivity contribution in [1.82, 2.24) is 9.62 Å². The van der Waals surface area contributed by atoms with Gasteiger partial charge in [-0.3, -0.25) is 4.79 Å². The Kier molecular flexibility index (Phi) is 6.90. The molecule has 0 bridgehead atoms. The Morgan fingerprint density at radius 3 is 2.55 bits per heavy atom. The minimum atomic E-state index is -4.46. The van der Waals surface area contributed by atoms with Crippen molar-refractivity contribution in [3.63, 3.8) is 0 Å². The largest absolute Gasteiger partial charge is 0.497 e. The fourth-order valence-corrected chi connectivity index (χ4v) is 4.99. The zero-order chi connectivity index (χ0) is 22.6. The summed E-state index contributed by atoms with van der Waals surface area (Å²) in [6.07, 6.45) is -3.44. The van der Waals surface area contributed by atoms with Crippen molar-refractivity contribution >= 4 is 15.9 Å². The van der Waals surface area contributed by atoms with Crippen LogP contribution >= 0.6 is 0 Å². The molecule has 6 nitrogen and oxygen atoms in total. The van der Waals surface area contributed by atoms with E-state index in [0.29, 0.717) is 30.7 Å². The molecule has 31 heavy (non-hydrogen) atoms. The van der Waals surface area contributed by atoms with Crippen molar-refractivity contribution in [3.8, 4) is 5.75 Å². The first kappa shape index (κ1) is 23.1. The van der Waals surface area contributed by atoms with Crippen molar-refractivity contribution in [1.29, 1.82) is 0 Å². The molecule has 0 saturated carbocycles. The van der Waals surface area contributed by atoms with Crippen molar-refractivity contribution in [2.24, 2.45) is 5.92 Å². The smallest absolute Gasteiger partial charge is 0.416 e. The van der Waals surface area contributed by atoms with Gasteiger partial charge in [0.1, 0.15) is 5.75 Å². The number of nitrogens with zero attached hydrogens (tertiary/aromatic N) is 1. The summed E-state index contributed by atoms with van der Waals surface area (Å²) < 4.78 is 70.7. The van der Waals surface area contributed by atoms with Crippen LogP contribution in [0.3, 0.4) is 0 Å². The average Bonchev–Trinajstić information content (AvgIpc) is 2.77. The Morgan fingerprint density at radius 2 is 1.90 bits per heavy atom. The maximum absolute atomic E-state index is 12.9. The average molecular weight is 456 g/mol. The number of hydrogen-bond acceptors (Lipinski definition) is 4. The highest BCUT2D eigenvalue weighted by Gasteiger charge is 2.33. The van der Waals surface area contributed by atoms with Crippen LogP contribution in [-0.2, 0) is 27.5 Å². The van der Waals surface area contributed by atoms with E-state index in [4.69, 9.17) is 4.74 Å². The van der Waals surface area contributed by atoms with E-state index >= 15 is 0 Å². The maximum atomic E-state index is 12.9. The number of alkyl halides is 3. The molecule has 0 radical (unpaired) electrons. The van der Waals surface area contributed by atoms with Crippen LogP contribution < -0.4 is 10.1 Å². The number of carbonyl (C=O) groups excluding carboxylic acids is 1. The molecule has 1 atom stereocenters. The van der Waals surface area contributed by atoms with Crippen molar-refractivity contribution in [2.45, 2.75) is 30.5 Å². The third kappa shape index (κ3) is 5.56. The number of ether oxygens (including phenoxy) is 1. The van der Waals surface area contributed by atoms with Crippen LogP contribution in [0.2, 0.25) is 0 Å². The minimum Gasteiger partial charge on any atom is -0.497 e. The van der Waals surface area contributed by atoms with Gasteiger partial charge in [0.15, 0.2) is 0 Å². The summed E-state index contributed by atoms with van der Waals surface area (Å²) in [5, 5.41) is 2.63. The fraction of sp³-hybridized carbons (Fsp3) is 0.381. The first-order valence-corrected chi connectivity index (χ1v) is 11.1. The van der Waals surface area contributed by atoms with Crippen LogP contribution in [0.5, 0.6) is 5.75 Å². The first-order valence-electron chi connectivity index (χ1n) is 9.69. The summed E-state index contributed by atoms with van der Waals surface area (Å²) >= 11 is 0. The Labute approximate surface area is 179 Å². The minimum absolute atomic E-state index is 0.0167. The van der Waals surface area contributed by atoms with Gasteiger partial charge in [0.05, 0.1) is 23.5 Å². The van der Waals surface area contributed by atoms with E-state index in [1.165, 1.54) is 35.7 Å². The molecule has 10 heteroatoms. The SMILES string of the molecule is COc1ccc(S(=O)(=O)N2CCCC(C(=O)NCc3cccc(C(F)(F)F)c3)C2)cc1. The molecule has 3 rings (SSSR count). The van der Waals surface area contributed by atoms with Gasteiger partial charge < -0.3 is 10.1 Å². The second-order valence-corrected chi connectivity index (χ2v) is 9.23. The molecule has 168 valence electrons. The molecular weight excluding hydrogens is 433 g/mol. The molecule has 1 aliphatic heterocycles. The van der Waals surface area contributed by atoms with Gasteiger partial charge in [-0.2, -0.15) is 17.5 Å². The lowest BCUT2D eigenvalue weighted by Crippen LogP contribution is -2.45. The molecule has 1 saturated heterocycles. The molecule has 1 fully saturated rings. The normalized spacial score (nSPS) is 17.9. The van der Waals surface area contributed by atoms with E-state index in [1.807, 2.05) is 0 Å². The van der Waals surface area contributed by atoms with Crippen molar-refractivity contribution < 1.29 is 31.1 Å². The molecule has 2 aromatic rings. The molecule has 1 unspecified atom stereocenters. The Hall–Kier alpha value is -2.59. The number of rotatable bonds is 6. The highest BCUT2D eigenvalue weighted by atomic mass is 32.2. The van der Waals surface area contributed by atoms with Crippen LogP contribution in [0.25, 0.3) is 0 Å². The highest BCUT2D eigenvalue weighted by Crippen LogP contribution is 2.29. The van der Waals surface area contributed by atoms with Gasteiger partial charge >= 0.3 is 6.18 Å². The van der Waals surface area contributed by atoms with Crippen molar-refractivity contribution in [2.75, 3.05) is 20.2 Å². The van der Waals surface area contributed by atoms with Crippen LogP contribution in [0.4, 0.5) is 13.2 Å². The molecule has 1 heterocycles. The number of amides is 1. The number of halogens is 3. The molecule has 1 aliphatic rings. The monoisotopic (exact) mass is 456 g/mol. The van der Waals surface area contributed by atoms with E-state index in [-0.39, 0.29) is 23.9 Å². The summed E-state index contributed by atoms with van der Waals surface area (Å²) in [5.74, 6) is -0.427. The number of sulfonamides is 1. The second-order valence-electron chi connectivity index (χ2n) is 7.29. The van der Waals surface area contributed by atoms with E-state index < -0.39 is 27.7 Å². The zero-order valence-corrected chi connectivity index (χ0v) is 17.7. The van der Waals surface area contributed by atoms with Gasteiger partial charge in [0, 0.05) is 19.6 Å². The lowest BCUT2D eigenvalue weighted by Gasteiger charge is -2.31. The van der Waals surface area contributed by atoms with Crippen LogP contribution in [0.15, 0.2) is 53.4 Å². The van der Waals surface area contributed by atoms with Gasteiger partial charge in [-0.25, -0.2) is 8.42 Å². The first-order chi connectivity index (χ1) is 14.6. The van der Waals surface area contributed by atoms with E-state index in [1.54, 1.807) is 12.1 Å². The van der Waals surface area contributed by atoms with E-state index in [2.05, 4.69) is 5.32 Å². The predicted molar refractivity (Wildman–Crippen MR) is 108 cm³/mol. The number of carbonyl (C=O) groups is 1. The standard InChI is InChI=1S/C21H23F3N2O4S/c1-30-18-7-9-19(10-8-18)31(28,29)26-11-3-5-16(14-26)20(27)25-13-15-4-2-6-17(12-15)21(22,23)24/h2,4,6-10,12,16H,3,5,11,13-14H2,1H3,(H,25,27).